The lowest BCUT2D eigenvalue weighted by atomic mass is 10.1. The van der Waals surface area contributed by atoms with Gasteiger partial charge in [-0.2, -0.15) is 0 Å². The van der Waals surface area contributed by atoms with Gasteiger partial charge in [0.1, 0.15) is 17.8 Å². The molecule has 0 saturated heterocycles. The van der Waals surface area contributed by atoms with Crippen molar-refractivity contribution in [2.45, 2.75) is 13.0 Å². The van der Waals surface area contributed by atoms with Gasteiger partial charge < -0.3 is 0 Å². The number of rotatable bonds is 5. The van der Waals surface area contributed by atoms with Gasteiger partial charge in [-0.25, -0.2) is 0 Å². The lowest BCUT2D eigenvalue weighted by molar-refractivity contribution is -0.137. The van der Waals surface area contributed by atoms with Crippen LogP contribution in [0.3, 0.4) is 0 Å². The Morgan fingerprint density at radius 3 is 2.71 bits per heavy atom. The zero-order valence-corrected chi connectivity index (χ0v) is 11.0. The first-order chi connectivity index (χ1) is 10.2. The lowest BCUT2D eigenvalue weighted by Gasteiger charge is -2.12. The van der Waals surface area contributed by atoms with Crippen molar-refractivity contribution in [3.63, 3.8) is 0 Å². The number of nitrogens with zero attached hydrogens (tertiary/aromatic N) is 4. The van der Waals surface area contributed by atoms with E-state index >= 15 is 0 Å². The van der Waals surface area contributed by atoms with Gasteiger partial charge in [-0.3, -0.25) is 24.0 Å². The van der Waals surface area contributed by atoms with E-state index in [4.69, 9.17) is 0 Å². The molecule has 3 rings (SSSR count). The van der Waals surface area contributed by atoms with Gasteiger partial charge in [0.05, 0.1) is 12.3 Å². The van der Waals surface area contributed by atoms with Crippen LogP contribution in [-0.4, -0.2) is 44.5 Å². The van der Waals surface area contributed by atoms with Crippen LogP contribution in [0.2, 0.25) is 0 Å². The second-order valence-electron chi connectivity index (χ2n) is 4.61. The molecule has 0 N–H and O–H groups in total. The van der Waals surface area contributed by atoms with Crippen molar-refractivity contribution in [2.75, 3.05) is 6.54 Å². The standard InChI is InChI=1S/C14H11N4O3/c19-9-10-8-17(16-15-10)6-3-7-18-13(20)11-4-1-2-5-12(11)14(18)21/h1,4-5,8-9H,3,6-7H2/q+1. The zero-order chi connectivity index (χ0) is 14.8. The summed E-state index contributed by atoms with van der Waals surface area (Å²) in [5, 5.41) is 7.41. The van der Waals surface area contributed by atoms with Crippen LogP contribution < -0.4 is 0 Å². The van der Waals surface area contributed by atoms with Gasteiger partial charge in [-0.15, -0.1) is 5.10 Å². The van der Waals surface area contributed by atoms with Gasteiger partial charge in [0.15, 0.2) is 17.4 Å². The van der Waals surface area contributed by atoms with Gasteiger partial charge in [0.25, 0.3) is 5.91 Å². The third-order valence-electron chi connectivity index (χ3n) is 3.26. The first-order valence-electron chi connectivity index (χ1n) is 6.42. The van der Waals surface area contributed by atoms with E-state index in [0.717, 1.165) is 0 Å². The van der Waals surface area contributed by atoms with Crippen molar-refractivity contribution in [3.8, 4) is 0 Å². The third-order valence-corrected chi connectivity index (χ3v) is 3.26. The van der Waals surface area contributed by atoms with E-state index in [1.807, 2.05) is 0 Å². The molecule has 0 aromatic carbocycles. The summed E-state index contributed by atoms with van der Waals surface area (Å²) >= 11 is 0. The van der Waals surface area contributed by atoms with E-state index in [-0.39, 0.29) is 17.5 Å². The molecule has 1 aliphatic carbocycles. The second-order valence-corrected chi connectivity index (χ2v) is 4.61. The molecule has 2 heterocycles. The highest BCUT2D eigenvalue weighted by Crippen LogP contribution is 2.25. The average molecular weight is 283 g/mol. The third kappa shape index (κ3) is 2.30. The summed E-state index contributed by atoms with van der Waals surface area (Å²) in [5.41, 5.74) is 1.07. The maximum atomic E-state index is 12.1. The molecule has 0 atom stereocenters. The van der Waals surface area contributed by atoms with Gasteiger partial charge >= 0.3 is 5.91 Å². The number of carbonyl (C=O) groups is 3. The maximum absolute atomic E-state index is 12.1. The number of aryl methyl sites for hydroxylation is 1. The Morgan fingerprint density at radius 1 is 1.19 bits per heavy atom. The molecule has 0 spiro atoms. The molecule has 0 fully saturated rings. The smallest absolute Gasteiger partial charge is 0.296 e. The lowest BCUT2D eigenvalue weighted by Crippen LogP contribution is -2.33. The van der Waals surface area contributed by atoms with Crippen molar-refractivity contribution in [3.05, 3.63) is 47.3 Å². The van der Waals surface area contributed by atoms with Crippen LogP contribution in [0.25, 0.3) is 0 Å². The van der Waals surface area contributed by atoms with E-state index in [1.54, 1.807) is 12.2 Å². The van der Waals surface area contributed by atoms with Gasteiger partial charge in [0.2, 0.25) is 0 Å². The molecule has 0 radical (unpaired) electrons. The number of hydrogen-bond acceptors (Lipinski definition) is 5. The quantitative estimate of drug-likeness (QED) is 0.434. The first kappa shape index (κ1) is 13.1. The van der Waals surface area contributed by atoms with Crippen molar-refractivity contribution in [1.29, 1.82) is 0 Å². The van der Waals surface area contributed by atoms with Crippen LogP contribution in [0.15, 0.2) is 35.6 Å². The summed E-state index contributed by atoms with van der Waals surface area (Å²) in [6.45, 7) is 0.767. The predicted molar refractivity (Wildman–Crippen MR) is 70.7 cm³/mol. The number of carbonyl (C=O) groups excluding carboxylic acids is 3. The Bertz CT molecular complexity index is 678. The fourth-order valence-electron chi connectivity index (χ4n) is 2.25. The number of aromatic nitrogens is 3. The summed E-state index contributed by atoms with van der Waals surface area (Å²) in [6.07, 6.45) is 10.2. The Kier molecular flexibility index (Phi) is 3.25. The normalized spacial score (nSPS) is 16.5. The predicted octanol–water partition coefficient (Wildman–Crippen LogP) is 0.0753. The van der Waals surface area contributed by atoms with Crippen LogP contribution in [0, 0.1) is 6.08 Å². The molecule has 7 nitrogen and oxygen atoms in total. The number of hydrogen-bond donors (Lipinski definition) is 0. The largest absolute Gasteiger partial charge is 0.319 e. The van der Waals surface area contributed by atoms with Gasteiger partial charge in [0, 0.05) is 19.2 Å². The van der Waals surface area contributed by atoms with Crippen molar-refractivity contribution in [2.24, 2.45) is 0 Å². The minimum Gasteiger partial charge on any atom is -0.296 e. The van der Waals surface area contributed by atoms with Gasteiger partial charge in [-0.1, -0.05) is 5.21 Å². The molecular formula is C14H11N4O3+. The van der Waals surface area contributed by atoms with E-state index < -0.39 is 0 Å². The molecule has 2 amide bonds. The highest BCUT2D eigenvalue weighted by atomic mass is 16.2. The number of imide groups is 1. The minimum absolute atomic E-state index is 0.256. The monoisotopic (exact) mass is 283 g/mol. The molecule has 1 aliphatic heterocycles. The molecule has 1 aromatic heterocycles. The molecule has 2 aliphatic rings. The fraction of sp³-hybridized carbons (Fsp3) is 0.214. The van der Waals surface area contributed by atoms with Crippen molar-refractivity contribution in [1.82, 2.24) is 19.9 Å². The summed E-state index contributed by atoms with van der Waals surface area (Å²) in [6, 6.07) is 0. The molecule has 0 unspecified atom stereocenters. The molecule has 21 heavy (non-hydrogen) atoms. The zero-order valence-electron chi connectivity index (χ0n) is 11.0. The van der Waals surface area contributed by atoms with Crippen LogP contribution in [0.1, 0.15) is 16.9 Å². The van der Waals surface area contributed by atoms with Crippen LogP contribution in [0.5, 0.6) is 0 Å². The van der Waals surface area contributed by atoms with Crippen LogP contribution in [-0.2, 0) is 16.1 Å². The first-order valence-corrected chi connectivity index (χ1v) is 6.42. The minimum atomic E-state index is -0.293. The average Bonchev–Trinajstić information content (AvgIpc) is 3.06. The van der Waals surface area contributed by atoms with E-state index in [9.17, 15) is 14.4 Å². The van der Waals surface area contributed by atoms with E-state index in [0.29, 0.717) is 36.9 Å². The van der Waals surface area contributed by atoms with Crippen molar-refractivity contribution < 1.29 is 14.4 Å². The fourth-order valence-corrected chi connectivity index (χ4v) is 2.25. The van der Waals surface area contributed by atoms with Crippen LogP contribution in [0.4, 0.5) is 0 Å². The molecule has 0 saturated carbocycles. The highest BCUT2D eigenvalue weighted by Gasteiger charge is 2.42. The number of allylic oxidation sites excluding steroid dienone is 2. The summed E-state index contributed by atoms with van der Waals surface area (Å²) in [4.78, 5) is 35.9. The maximum Gasteiger partial charge on any atom is 0.319 e. The Morgan fingerprint density at radius 2 is 2.00 bits per heavy atom. The molecule has 0 bridgehead atoms. The molecular weight excluding hydrogens is 272 g/mol. The molecule has 104 valence electrons. The molecule has 1 aromatic rings. The SMILES string of the molecule is O=Cc1cn(CCCN2C(=O)C3=C(C=C[C+]=C3)C2=O)nn1. The van der Waals surface area contributed by atoms with Gasteiger partial charge in [-0.05, 0) is 6.42 Å². The topological polar surface area (TPSA) is 85.2 Å². The Hall–Kier alpha value is -2.92. The Balaban J connectivity index is 1.61. The van der Waals surface area contributed by atoms with E-state index in [1.165, 1.54) is 21.9 Å². The Labute approximate surface area is 120 Å². The van der Waals surface area contributed by atoms with E-state index in [2.05, 4.69) is 16.4 Å². The van der Waals surface area contributed by atoms with Crippen molar-refractivity contribution >= 4 is 18.1 Å². The summed E-state index contributed by atoms with van der Waals surface area (Å²) < 4.78 is 1.51. The number of aldehydes is 1. The summed E-state index contributed by atoms with van der Waals surface area (Å²) in [7, 11) is 0. The summed E-state index contributed by atoms with van der Waals surface area (Å²) in [5.74, 6) is -0.574. The second kappa shape index (κ2) is 5.22. The number of amides is 2. The molecule has 7 heteroatoms. The van der Waals surface area contributed by atoms with Crippen LogP contribution >= 0.6 is 0 Å². The highest BCUT2D eigenvalue weighted by molar-refractivity contribution is 6.22.